The zero-order chi connectivity index (χ0) is 17.2. The second-order valence-corrected chi connectivity index (χ2v) is 7.14. The van der Waals surface area contributed by atoms with Gasteiger partial charge < -0.3 is 14.8 Å². The number of likely N-dealkylation sites (tertiary alicyclic amines) is 1. The molecule has 0 radical (unpaired) electrons. The summed E-state index contributed by atoms with van der Waals surface area (Å²) >= 11 is 0. The minimum absolute atomic E-state index is 0.180. The predicted molar refractivity (Wildman–Crippen MR) is 95.6 cm³/mol. The van der Waals surface area contributed by atoms with Crippen molar-refractivity contribution in [3.8, 4) is 0 Å². The lowest BCUT2D eigenvalue weighted by molar-refractivity contribution is 0.0709. The molecular formula is C19H25N5O. The van der Waals surface area contributed by atoms with Crippen LogP contribution in [0.25, 0.3) is 0 Å². The summed E-state index contributed by atoms with van der Waals surface area (Å²) in [6.07, 6.45) is 4.76. The SMILES string of the molecule is Cn1cnnc1C1CCN(C(=O)c2ccccc2C2CCNC2)CC1. The second-order valence-electron chi connectivity index (χ2n) is 7.14. The van der Waals surface area contributed by atoms with Gasteiger partial charge in [-0.05, 0) is 43.4 Å². The molecule has 25 heavy (non-hydrogen) atoms. The Morgan fingerprint density at radius 1 is 1.16 bits per heavy atom. The number of amides is 1. The Kier molecular flexibility index (Phi) is 4.53. The molecule has 2 saturated heterocycles. The molecule has 2 aliphatic rings. The van der Waals surface area contributed by atoms with Crippen molar-refractivity contribution >= 4 is 5.91 Å². The highest BCUT2D eigenvalue weighted by Gasteiger charge is 2.29. The molecule has 0 bridgehead atoms. The standard InChI is InChI=1S/C19H25N5O/c1-23-13-21-22-18(23)14-7-10-24(11-8-14)19(25)17-5-3-2-4-16(17)15-6-9-20-12-15/h2-5,13-15,20H,6-12H2,1H3. The van der Waals surface area contributed by atoms with Crippen LogP contribution in [0.2, 0.25) is 0 Å². The van der Waals surface area contributed by atoms with Gasteiger partial charge in [-0.1, -0.05) is 18.2 Å². The lowest BCUT2D eigenvalue weighted by Gasteiger charge is -2.32. The average Bonchev–Trinajstić information content (AvgIpc) is 3.33. The van der Waals surface area contributed by atoms with E-state index < -0.39 is 0 Å². The monoisotopic (exact) mass is 339 g/mol. The van der Waals surface area contributed by atoms with E-state index in [9.17, 15) is 4.79 Å². The molecule has 6 heteroatoms. The van der Waals surface area contributed by atoms with Gasteiger partial charge in [-0.15, -0.1) is 10.2 Å². The summed E-state index contributed by atoms with van der Waals surface area (Å²) in [6, 6.07) is 8.14. The lowest BCUT2D eigenvalue weighted by atomic mass is 9.91. The Hall–Kier alpha value is -2.21. The number of aromatic nitrogens is 3. The Morgan fingerprint density at radius 2 is 1.96 bits per heavy atom. The van der Waals surface area contributed by atoms with Gasteiger partial charge in [-0.3, -0.25) is 4.79 Å². The number of carbonyl (C=O) groups is 1. The highest BCUT2D eigenvalue weighted by Crippen LogP contribution is 2.30. The molecular weight excluding hydrogens is 314 g/mol. The molecule has 2 aromatic rings. The van der Waals surface area contributed by atoms with Crippen LogP contribution in [0.1, 0.15) is 52.8 Å². The van der Waals surface area contributed by atoms with Crippen LogP contribution in [0.15, 0.2) is 30.6 Å². The molecule has 3 heterocycles. The normalized spacial score (nSPS) is 21.6. The van der Waals surface area contributed by atoms with Crippen molar-refractivity contribution < 1.29 is 4.79 Å². The van der Waals surface area contributed by atoms with Gasteiger partial charge in [0.25, 0.3) is 5.91 Å². The summed E-state index contributed by atoms with van der Waals surface area (Å²) in [4.78, 5) is 15.1. The Bertz CT molecular complexity index is 742. The third-order valence-corrected chi connectivity index (χ3v) is 5.59. The number of piperidine rings is 1. The third-order valence-electron chi connectivity index (χ3n) is 5.59. The molecule has 2 aliphatic heterocycles. The summed E-state index contributed by atoms with van der Waals surface area (Å²) in [5.74, 6) is 2.06. The molecule has 132 valence electrons. The number of nitrogens with one attached hydrogen (secondary N) is 1. The van der Waals surface area contributed by atoms with E-state index in [1.165, 1.54) is 5.56 Å². The van der Waals surface area contributed by atoms with E-state index >= 15 is 0 Å². The van der Waals surface area contributed by atoms with Gasteiger partial charge in [-0.2, -0.15) is 0 Å². The Balaban J connectivity index is 1.47. The fourth-order valence-corrected chi connectivity index (χ4v) is 4.14. The topological polar surface area (TPSA) is 63.1 Å². The van der Waals surface area contributed by atoms with Crippen molar-refractivity contribution in [3.05, 3.63) is 47.5 Å². The van der Waals surface area contributed by atoms with E-state index in [1.807, 2.05) is 34.7 Å². The summed E-state index contributed by atoms with van der Waals surface area (Å²) in [5, 5.41) is 11.6. The molecule has 0 spiro atoms. The summed E-state index contributed by atoms with van der Waals surface area (Å²) < 4.78 is 1.99. The van der Waals surface area contributed by atoms with Gasteiger partial charge in [-0.25, -0.2) is 0 Å². The molecule has 1 N–H and O–H groups in total. The number of carbonyl (C=O) groups excluding carboxylic acids is 1. The maximum absolute atomic E-state index is 13.1. The maximum atomic E-state index is 13.1. The molecule has 0 aliphatic carbocycles. The van der Waals surface area contributed by atoms with Gasteiger partial charge in [0.2, 0.25) is 0 Å². The van der Waals surface area contributed by atoms with E-state index in [2.05, 4.69) is 21.6 Å². The first-order chi connectivity index (χ1) is 12.2. The molecule has 6 nitrogen and oxygen atoms in total. The average molecular weight is 339 g/mol. The van der Waals surface area contributed by atoms with Gasteiger partial charge in [0.1, 0.15) is 12.2 Å². The first-order valence-corrected chi connectivity index (χ1v) is 9.17. The van der Waals surface area contributed by atoms with Gasteiger partial charge in [0.15, 0.2) is 0 Å². The summed E-state index contributed by atoms with van der Waals surface area (Å²) in [7, 11) is 1.98. The van der Waals surface area contributed by atoms with Crippen molar-refractivity contribution in [1.29, 1.82) is 0 Å². The third kappa shape index (κ3) is 3.18. The fraction of sp³-hybridized carbons (Fsp3) is 0.526. The quantitative estimate of drug-likeness (QED) is 0.928. The predicted octanol–water partition coefficient (Wildman–Crippen LogP) is 1.91. The first kappa shape index (κ1) is 16.3. The lowest BCUT2D eigenvalue weighted by Crippen LogP contribution is -2.38. The number of aryl methyl sites for hydroxylation is 1. The fourth-order valence-electron chi connectivity index (χ4n) is 4.14. The highest BCUT2D eigenvalue weighted by molar-refractivity contribution is 5.96. The van der Waals surface area contributed by atoms with Crippen molar-refractivity contribution in [1.82, 2.24) is 25.0 Å². The Labute approximate surface area is 148 Å². The van der Waals surface area contributed by atoms with Crippen molar-refractivity contribution in [2.75, 3.05) is 26.2 Å². The van der Waals surface area contributed by atoms with E-state index in [4.69, 9.17) is 0 Å². The highest BCUT2D eigenvalue weighted by atomic mass is 16.2. The van der Waals surface area contributed by atoms with E-state index in [0.29, 0.717) is 11.8 Å². The number of hydrogen-bond acceptors (Lipinski definition) is 4. The largest absolute Gasteiger partial charge is 0.339 e. The minimum atomic E-state index is 0.180. The van der Waals surface area contributed by atoms with Crippen molar-refractivity contribution in [2.45, 2.75) is 31.1 Å². The zero-order valence-electron chi connectivity index (χ0n) is 14.7. The molecule has 4 rings (SSSR count). The van der Waals surface area contributed by atoms with Crippen LogP contribution in [0.4, 0.5) is 0 Å². The summed E-state index contributed by atoms with van der Waals surface area (Å²) in [5.41, 5.74) is 2.08. The maximum Gasteiger partial charge on any atom is 0.254 e. The van der Waals surface area contributed by atoms with Crippen LogP contribution in [0.3, 0.4) is 0 Å². The van der Waals surface area contributed by atoms with E-state index in [-0.39, 0.29) is 5.91 Å². The Morgan fingerprint density at radius 3 is 2.64 bits per heavy atom. The molecule has 1 aromatic carbocycles. The molecule has 2 fully saturated rings. The number of rotatable bonds is 3. The van der Waals surface area contributed by atoms with Crippen LogP contribution in [0, 0.1) is 0 Å². The van der Waals surface area contributed by atoms with Gasteiger partial charge in [0, 0.05) is 38.2 Å². The van der Waals surface area contributed by atoms with Crippen molar-refractivity contribution in [3.63, 3.8) is 0 Å². The number of nitrogens with zero attached hydrogens (tertiary/aromatic N) is 4. The second kappa shape index (κ2) is 6.96. The van der Waals surface area contributed by atoms with E-state index in [1.54, 1.807) is 6.33 Å². The zero-order valence-corrected chi connectivity index (χ0v) is 14.7. The van der Waals surface area contributed by atoms with Crippen molar-refractivity contribution in [2.24, 2.45) is 7.05 Å². The van der Waals surface area contributed by atoms with Crippen LogP contribution in [-0.4, -0.2) is 51.8 Å². The number of hydrogen-bond donors (Lipinski definition) is 1. The van der Waals surface area contributed by atoms with Crippen LogP contribution in [-0.2, 0) is 7.05 Å². The van der Waals surface area contributed by atoms with Crippen LogP contribution < -0.4 is 5.32 Å². The van der Waals surface area contributed by atoms with Gasteiger partial charge >= 0.3 is 0 Å². The molecule has 1 aromatic heterocycles. The molecule has 1 atom stereocenters. The smallest absolute Gasteiger partial charge is 0.254 e. The number of benzene rings is 1. The van der Waals surface area contributed by atoms with Crippen LogP contribution >= 0.6 is 0 Å². The minimum Gasteiger partial charge on any atom is -0.339 e. The summed E-state index contributed by atoms with van der Waals surface area (Å²) in [6.45, 7) is 3.58. The van der Waals surface area contributed by atoms with Gasteiger partial charge in [0.05, 0.1) is 0 Å². The first-order valence-electron chi connectivity index (χ1n) is 9.17. The molecule has 0 saturated carbocycles. The van der Waals surface area contributed by atoms with Crippen LogP contribution in [0.5, 0.6) is 0 Å². The molecule has 1 amide bonds. The molecule has 1 unspecified atom stereocenters. The van der Waals surface area contributed by atoms with E-state index in [0.717, 1.165) is 56.8 Å².